The molecule has 0 radical (unpaired) electrons. The molecule has 1 aromatic carbocycles. The molecule has 0 atom stereocenters. The predicted octanol–water partition coefficient (Wildman–Crippen LogP) is 2.56. The fourth-order valence-electron chi connectivity index (χ4n) is 3.06. The number of methoxy groups -OCH3 is 1. The van der Waals surface area contributed by atoms with Gasteiger partial charge in [0, 0.05) is 25.0 Å². The fraction of sp³-hybridized carbons (Fsp3) is 0.364. The number of benzene rings is 1. The lowest BCUT2D eigenvalue weighted by Crippen LogP contribution is -2.36. The van der Waals surface area contributed by atoms with E-state index in [0.717, 1.165) is 10.6 Å². The largest absolute Gasteiger partial charge is 0.383 e. The van der Waals surface area contributed by atoms with Gasteiger partial charge in [-0.1, -0.05) is 44.2 Å². The molecule has 0 unspecified atom stereocenters. The molecule has 0 saturated carbocycles. The summed E-state index contributed by atoms with van der Waals surface area (Å²) in [5.74, 6) is 0.0121. The lowest BCUT2D eigenvalue weighted by molar-refractivity contribution is -0.115. The van der Waals surface area contributed by atoms with Crippen LogP contribution in [0.15, 0.2) is 45.3 Å². The van der Waals surface area contributed by atoms with Crippen LogP contribution >= 0.6 is 11.3 Å². The zero-order valence-electron chi connectivity index (χ0n) is 18.3. The van der Waals surface area contributed by atoms with Gasteiger partial charge >= 0.3 is 5.69 Å². The van der Waals surface area contributed by atoms with Crippen molar-refractivity contribution < 1.29 is 9.53 Å². The number of nitrogens with zero attached hydrogens (tertiary/aromatic N) is 2. The summed E-state index contributed by atoms with van der Waals surface area (Å²) in [5.41, 5.74) is 0.473. The van der Waals surface area contributed by atoms with Crippen LogP contribution in [0.4, 0.5) is 11.5 Å². The number of nitrogens with one attached hydrogen (secondary N) is 3. The maximum Gasteiger partial charge on any atom is 0.330 e. The van der Waals surface area contributed by atoms with Crippen LogP contribution in [0.1, 0.15) is 36.0 Å². The predicted molar refractivity (Wildman–Crippen MR) is 126 cm³/mol. The highest BCUT2D eigenvalue weighted by Gasteiger charge is 2.18. The highest BCUT2D eigenvalue weighted by molar-refractivity contribution is 7.09. The van der Waals surface area contributed by atoms with Crippen molar-refractivity contribution in [2.24, 2.45) is 0 Å². The van der Waals surface area contributed by atoms with E-state index in [1.165, 1.54) is 23.0 Å². The Hall–Kier alpha value is -3.24. The van der Waals surface area contributed by atoms with Crippen molar-refractivity contribution in [1.82, 2.24) is 14.5 Å². The van der Waals surface area contributed by atoms with Crippen molar-refractivity contribution in [2.45, 2.75) is 39.3 Å². The first-order valence-corrected chi connectivity index (χ1v) is 11.1. The van der Waals surface area contributed by atoms with Crippen LogP contribution in [-0.2, 0) is 29.0 Å². The third kappa shape index (κ3) is 5.92. The Labute approximate surface area is 189 Å². The van der Waals surface area contributed by atoms with E-state index in [1.54, 1.807) is 0 Å². The summed E-state index contributed by atoms with van der Waals surface area (Å²) in [7, 11) is 1.51. The molecule has 2 aromatic heterocycles. The van der Waals surface area contributed by atoms with E-state index in [0.29, 0.717) is 12.2 Å². The number of aromatic amines is 1. The second kappa shape index (κ2) is 10.9. The van der Waals surface area contributed by atoms with Gasteiger partial charge in [0.1, 0.15) is 11.5 Å². The third-order valence-electron chi connectivity index (χ3n) is 4.69. The van der Waals surface area contributed by atoms with E-state index in [9.17, 15) is 14.4 Å². The first-order chi connectivity index (χ1) is 15.4. The maximum atomic E-state index is 12.8. The van der Waals surface area contributed by atoms with Gasteiger partial charge in [-0.3, -0.25) is 19.1 Å². The highest BCUT2D eigenvalue weighted by atomic mass is 32.1. The number of hydrogen-bond acceptors (Lipinski definition) is 7. The lowest BCUT2D eigenvalue weighted by atomic mass is 10.2. The summed E-state index contributed by atoms with van der Waals surface area (Å²) in [6.45, 7) is 4.82. The molecule has 170 valence electrons. The molecule has 3 N–H and O–H groups in total. The van der Waals surface area contributed by atoms with Gasteiger partial charge in [0.2, 0.25) is 5.91 Å². The van der Waals surface area contributed by atoms with E-state index < -0.39 is 11.2 Å². The van der Waals surface area contributed by atoms with Gasteiger partial charge < -0.3 is 15.4 Å². The number of anilines is 2. The fourth-order valence-corrected chi connectivity index (χ4v) is 3.89. The Morgan fingerprint density at radius 2 is 2.00 bits per heavy atom. The summed E-state index contributed by atoms with van der Waals surface area (Å²) in [6.07, 6.45) is 0.0343. The van der Waals surface area contributed by atoms with E-state index in [-0.39, 0.29) is 42.9 Å². The summed E-state index contributed by atoms with van der Waals surface area (Å²) in [5, 5.41) is 8.60. The molecule has 0 bridgehead atoms. The summed E-state index contributed by atoms with van der Waals surface area (Å²) in [4.78, 5) is 44.7. The molecule has 0 spiro atoms. The van der Waals surface area contributed by atoms with E-state index in [1.807, 2.05) is 49.6 Å². The molecule has 9 nitrogen and oxygen atoms in total. The molecule has 0 aliphatic heterocycles. The van der Waals surface area contributed by atoms with Crippen molar-refractivity contribution in [2.75, 3.05) is 24.4 Å². The number of carbonyl (C=O) groups excluding carboxylic acids is 1. The smallest absolute Gasteiger partial charge is 0.330 e. The molecule has 0 fully saturated rings. The number of hydrogen-bond donors (Lipinski definition) is 3. The maximum absolute atomic E-state index is 12.8. The normalized spacial score (nSPS) is 11.0. The molecule has 32 heavy (non-hydrogen) atoms. The quantitative estimate of drug-likeness (QED) is 0.431. The number of ether oxygens (including phenoxy) is 1. The molecular weight excluding hydrogens is 430 g/mol. The van der Waals surface area contributed by atoms with Crippen LogP contribution in [0.2, 0.25) is 0 Å². The molecule has 0 aliphatic carbocycles. The van der Waals surface area contributed by atoms with E-state index >= 15 is 0 Å². The average molecular weight is 458 g/mol. The van der Waals surface area contributed by atoms with Gasteiger partial charge in [-0.05, 0) is 5.56 Å². The molecule has 0 saturated heterocycles. The van der Waals surface area contributed by atoms with Crippen molar-refractivity contribution in [3.05, 3.63) is 72.8 Å². The van der Waals surface area contributed by atoms with Gasteiger partial charge in [0.15, 0.2) is 0 Å². The van der Waals surface area contributed by atoms with Crippen molar-refractivity contribution >= 4 is 28.7 Å². The van der Waals surface area contributed by atoms with Gasteiger partial charge in [0.05, 0.1) is 30.3 Å². The first-order valence-electron chi connectivity index (χ1n) is 10.3. The molecule has 0 aliphatic rings. The highest BCUT2D eigenvalue weighted by Crippen LogP contribution is 2.21. The van der Waals surface area contributed by atoms with Gasteiger partial charge in [-0.2, -0.15) is 0 Å². The van der Waals surface area contributed by atoms with Crippen LogP contribution in [-0.4, -0.2) is 34.2 Å². The van der Waals surface area contributed by atoms with Crippen molar-refractivity contribution in [3.63, 3.8) is 0 Å². The third-order valence-corrected chi connectivity index (χ3v) is 5.89. The summed E-state index contributed by atoms with van der Waals surface area (Å²) < 4.78 is 6.38. The second-order valence-electron chi connectivity index (χ2n) is 7.52. The Morgan fingerprint density at radius 1 is 1.25 bits per heavy atom. The SMILES string of the molecule is COCCn1c(NC(=O)Cc2csc(C(C)C)n2)c(NCc2ccccc2)c(=O)[nH]c1=O. The minimum Gasteiger partial charge on any atom is -0.383 e. The number of H-pyrrole nitrogens is 1. The Morgan fingerprint density at radius 3 is 2.66 bits per heavy atom. The Balaban J connectivity index is 1.89. The molecule has 3 rings (SSSR count). The first kappa shape index (κ1) is 23.4. The lowest BCUT2D eigenvalue weighted by Gasteiger charge is -2.17. The van der Waals surface area contributed by atoms with Gasteiger partial charge in [0.25, 0.3) is 5.56 Å². The number of thiazole rings is 1. The van der Waals surface area contributed by atoms with Crippen LogP contribution in [0.3, 0.4) is 0 Å². The minimum absolute atomic E-state index is 0.0343. The van der Waals surface area contributed by atoms with Crippen molar-refractivity contribution in [3.8, 4) is 0 Å². The summed E-state index contributed by atoms with van der Waals surface area (Å²) >= 11 is 1.50. The molecule has 1 amide bonds. The molecule has 2 heterocycles. The van der Waals surface area contributed by atoms with Gasteiger partial charge in [-0.25, -0.2) is 9.78 Å². The average Bonchev–Trinajstić information content (AvgIpc) is 3.22. The van der Waals surface area contributed by atoms with Crippen LogP contribution in [0, 0.1) is 0 Å². The zero-order valence-corrected chi connectivity index (χ0v) is 19.1. The minimum atomic E-state index is -0.622. The molecular formula is C22H27N5O4S. The molecule has 3 aromatic rings. The topological polar surface area (TPSA) is 118 Å². The van der Waals surface area contributed by atoms with E-state index in [4.69, 9.17) is 4.74 Å². The Kier molecular flexibility index (Phi) is 7.96. The van der Waals surface area contributed by atoms with Gasteiger partial charge in [-0.15, -0.1) is 11.3 Å². The van der Waals surface area contributed by atoms with Crippen LogP contribution < -0.4 is 21.9 Å². The number of amides is 1. The summed E-state index contributed by atoms with van der Waals surface area (Å²) in [6, 6.07) is 9.51. The molecule has 10 heteroatoms. The number of carbonyl (C=O) groups is 1. The monoisotopic (exact) mass is 457 g/mol. The second-order valence-corrected chi connectivity index (χ2v) is 8.41. The van der Waals surface area contributed by atoms with E-state index in [2.05, 4.69) is 20.6 Å². The van der Waals surface area contributed by atoms with Crippen LogP contribution in [0.25, 0.3) is 0 Å². The van der Waals surface area contributed by atoms with Crippen molar-refractivity contribution in [1.29, 1.82) is 0 Å². The zero-order chi connectivity index (χ0) is 23.1. The number of rotatable bonds is 10. The Bertz CT molecular complexity index is 1170. The number of aromatic nitrogens is 3. The van der Waals surface area contributed by atoms with Crippen LogP contribution in [0.5, 0.6) is 0 Å². The standard InChI is InChI=1S/C22H27N5O4S/c1-14(2)21-24-16(13-32-21)11-17(28)25-19-18(23-12-15-7-5-4-6-8-15)20(29)26-22(30)27(19)9-10-31-3/h4-8,13-14,23H,9-12H2,1-3H3,(H,25,28)(H,26,29,30).